The van der Waals surface area contributed by atoms with Crippen molar-refractivity contribution >= 4 is 0 Å². The van der Waals surface area contributed by atoms with Crippen LogP contribution in [-0.2, 0) is 0 Å². The Hall–Kier alpha value is -0.780. The predicted octanol–water partition coefficient (Wildman–Crippen LogP) is 9.57. The zero-order valence-electron chi connectivity index (χ0n) is 21.3. The molecule has 5 aliphatic carbocycles. The van der Waals surface area contributed by atoms with E-state index in [4.69, 9.17) is 0 Å². The van der Waals surface area contributed by atoms with Gasteiger partial charge in [-0.3, -0.25) is 0 Å². The highest BCUT2D eigenvalue weighted by Gasteiger charge is 2.57. The van der Waals surface area contributed by atoms with Crippen molar-refractivity contribution in [3.05, 3.63) is 34.4 Å². The monoisotopic (exact) mass is 420 g/mol. The minimum atomic E-state index is 0.451. The van der Waals surface area contributed by atoms with E-state index in [9.17, 15) is 0 Å². The Morgan fingerprint density at radius 2 is 1.74 bits per heavy atom. The first kappa shape index (κ1) is 22.0. The third kappa shape index (κ3) is 3.36. The van der Waals surface area contributed by atoms with Gasteiger partial charge in [-0.2, -0.15) is 0 Å². The van der Waals surface area contributed by atoms with E-state index in [2.05, 4.69) is 46.8 Å². The summed E-state index contributed by atoms with van der Waals surface area (Å²) in [5.74, 6) is 2.68. The van der Waals surface area contributed by atoms with Crippen LogP contribution in [0.3, 0.4) is 0 Å². The van der Waals surface area contributed by atoms with Crippen LogP contribution < -0.4 is 0 Å². The van der Waals surface area contributed by atoms with Crippen molar-refractivity contribution in [1.82, 2.24) is 0 Å². The Morgan fingerprint density at radius 3 is 2.48 bits per heavy atom. The highest BCUT2D eigenvalue weighted by atomic mass is 14.6. The standard InChI is InChI=1S/C31H48/c1-22(2)10-8-11-23(3)25-13-14-26-24-12-15-28-30(5,27(24)16-21-29(25,26)4)17-9-20-31(28)18-6-7-19-31/h10,14,23,25,28H,6-9,11-13,15-21H2,1-5H3/t23-,25-,28?,29-,30-/m1/s1. The number of fused-ring (bicyclic) bond motifs is 5. The van der Waals surface area contributed by atoms with Gasteiger partial charge in [-0.15, -0.1) is 0 Å². The van der Waals surface area contributed by atoms with Crippen molar-refractivity contribution in [3.63, 3.8) is 0 Å². The van der Waals surface area contributed by atoms with Crippen molar-refractivity contribution in [3.8, 4) is 0 Å². The summed E-state index contributed by atoms with van der Waals surface area (Å²) in [5.41, 5.74) is 8.83. The normalized spacial score (nSPS) is 39.6. The lowest BCUT2D eigenvalue weighted by Crippen LogP contribution is -2.48. The first-order chi connectivity index (χ1) is 14.8. The number of hydrogen-bond donors (Lipinski definition) is 0. The average molecular weight is 421 g/mol. The van der Waals surface area contributed by atoms with Crippen LogP contribution in [0.15, 0.2) is 34.4 Å². The summed E-state index contributed by atoms with van der Waals surface area (Å²) in [5, 5.41) is 0. The maximum Gasteiger partial charge on any atom is -0.00389 e. The highest BCUT2D eigenvalue weighted by Crippen LogP contribution is 2.69. The lowest BCUT2D eigenvalue weighted by Gasteiger charge is -2.59. The number of hydrogen-bond acceptors (Lipinski definition) is 0. The van der Waals surface area contributed by atoms with E-state index >= 15 is 0 Å². The molecule has 0 aromatic rings. The minimum absolute atomic E-state index is 0.451. The molecule has 0 aromatic heterocycles. The van der Waals surface area contributed by atoms with Crippen LogP contribution in [-0.4, -0.2) is 0 Å². The van der Waals surface area contributed by atoms with Gasteiger partial charge in [0.05, 0.1) is 0 Å². The van der Waals surface area contributed by atoms with Gasteiger partial charge >= 0.3 is 0 Å². The van der Waals surface area contributed by atoms with E-state index < -0.39 is 0 Å². The van der Waals surface area contributed by atoms with E-state index in [-0.39, 0.29) is 0 Å². The fraction of sp³-hybridized carbons (Fsp3) is 0.806. The molecule has 0 saturated heterocycles. The molecular formula is C31H48. The Labute approximate surface area is 193 Å². The van der Waals surface area contributed by atoms with Crippen LogP contribution >= 0.6 is 0 Å². The van der Waals surface area contributed by atoms with Crippen LogP contribution in [0.25, 0.3) is 0 Å². The Balaban J connectivity index is 1.41. The fourth-order valence-electron chi connectivity index (χ4n) is 9.82. The van der Waals surface area contributed by atoms with Gasteiger partial charge in [-0.1, -0.05) is 63.3 Å². The third-order valence-electron chi connectivity index (χ3n) is 11.3. The Kier molecular flexibility index (Phi) is 5.63. The van der Waals surface area contributed by atoms with Crippen molar-refractivity contribution < 1.29 is 0 Å². The first-order valence-electron chi connectivity index (χ1n) is 13.9. The second-order valence-corrected chi connectivity index (χ2v) is 13.1. The van der Waals surface area contributed by atoms with Gasteiger partial charge in [0.15, 0.2) is 0 Å². The van der Waals surface area contributed by atoms with Gasteiger partial charge in [0.1, 0.15) is 0 Å². The molecule has 172 valence electrons. The minimum Gasteiger partial charge on any atom is -0.0859 e. The maximum atomic E-state index is 2.73. The Morgan fingerprint density at radius 1 is 1.00 bits per heavy atom. The molecule has 5 rings (SSSR count). The zero-order valence-corrected chi connectivity index (χ0v) is 21.3. The van der Waals surface area contributed by atoms with Crippen LogP contribution in [0.1, 0.15) is 125 Å². The summed E-state index contributed by atoms with van der Waals surface area (Å²) in [4.78, 5) is 0. The SMILES string of the molecule is CC(C)=CCC[C@@H](C)[C@H]1CC=C2C3=C(CC[C@@]21C)[C@@]1(C)CCCC2(CCCC2)C1CC3. The summed E-state index contributed by atoms with van der Waals surface area (Å²) >= 11 is 0. The lowest BCUT2D eigenvalue weighted by molar-refractivity contribution is -0.0145. The third-order valence-corrected chi connectivity index (χ3v) is 11.3. The molecule has 0 heterocycles. The van der Waals surface area contributed by atoms with Crippen molar-refractivity contribution in [1.29, 1.82) is 0 Å². The molecule has 1 unspecified atom stereocenters. The summed E-state index contributed by atoms with van der Waals surface area (Å²) in [6.45, 7) is 12.4. The van der Waals surface area contributed by atoms with E-state index in [1.807, 2.05) is 16.7 Å². The van der Waals surface area contributed by atoms with Crippen LogP contribution in [0.5, 0.6) is 0 Å². The number of allylic oxidation sites excluding steroid dienone is 6. The summed E-state index contributed by atoms with van der Waals surface area (Å²) in [7, 11) is 0. The molecule has 1 spiro atoms. The molecule has 5 aliphatic rings. The molecule has 0 bridgehead atoms. The molecular weight excluding hydrogens is 372 g/mol. The van der Waals surface area contributed by atoms with Gasteiger partial charge in [0.2, 0.25) is 0 Å². The summed E-state index contributed by atoms with van der Waals surface area (Å²) in [6, 6.07) is 0. The molecule has 2 fully saturated rings. The molecule has 31 heavy (non-hydrogen) atoms. The zero-order chi connectivity index (χ0) is 21.9. The second-order valence-electron chi connectivity index (χ2n) is 13.1. The smallest absolute Gasteiger partial charge is 0.00389 e. The molecule has 2 saturated carbocycles. The predicted molar refractivity (Wildman–Crippen MR) is 134 cm³/mol. The summed E-state index contributed by atoms with van der Waals surface area (Å²) in [6.07, 6.45) is 25.5. The van der Waals surface area contributed by atoms with Crippen LogP contribution in [0.2, 0.25) is 0 Å². The molecule has 0 amide bonds. The van der Waals surface area contributed by atoms with E-state index in [0.29, 0.717) is 10.8 Å². The lowest BCUT2D eigenvalue weighted by atomic mass is 9.46. The topological polar surface area (TPSA) is 0 Å². The van der Waals surface area contributed by atoms with E-state index in [0.717, 1.165) is 23.2 Å². The molecule has 0 N–H and O–H groups in total. The van der Waals surface area contributed by atoms with Gasteiger partial charge in [0, 0.05) is 0 Å². The van der Waals surface area contributed by atoms with Gasteiger partial charge in [0.25, 0.3) is 0 Å². The van der Waals surface area contributed by atoms with Crippen molar-refractivity contribution in [2.45, 2.75) is 125 Å². The molecule has 0 heteroatoms. The molecule has 5 atom stereocenters. The fourth-order valence-corrected chi connectivity index (χ4v) is 9.82. The molecule has 0 aliphatic heterocycles. The van der Waals surface area contributed by atoms with E-state index in [1.54, 1.807) is 19.3 Å². The Bertz CT molecular complexity index is 796. The summed E-state index contributed by atoms with van der Waals surface area (Å²) < 4.78 is 0. The van der Waals surface area contributed by atoms with E-state index in [1.165, 1.54) is 76.2 Å². The van der Waals surface area contributed by atoms with Crippen LogP contribution in [0, 0.1) is 34.0 Å². The second kappa shape index (κ2) is 7.92. The first-order valence-corrected chi connectivity index (χ1v) is 13.9. The van der Waals surface area contributed by atoms with Gasteiger partial charge in [-0.05, 0) is 130 Å². The largest absolute Gasteiger partial charge is 0.0859 e. The van der Waals surface area contributed by atoms with Crippen molar-refractivity contribution in [2.24, 2.45) is 34.0 Å². The molecule has 0 nitrogen and oxygen atoms in total. The number of rotatable bonds is 4. The van der Waals surface area contributed by atoms with Crippen LogP contribution in [0.4, 0.5) is 0 Å². The molecule has 0 radical (unpaired) electrons. The maximum absolute atomic E-state index is 2.73. The highest BCUT2D eigenvalue weighted by molar-refractivity contribution is 5.49. The average Bonchev–Trinajstić information content (AvgIpc) is 3.32. The van der Waals surface area contributed by atoms with Gasteiger partial charge < -0.3 is 0 Å². The molecule has 0 aromatic carbocycles. The van der Waals surface area contributed by atoms with Gasteiger partial charge in [-0.25, -0.2) is 0 Å². The quantitative estimate of drug-likeness (QED) is 0.397. The van der Waals surface area contributed by atoms with Crippen molar-refractivity contribution in [2.75, 3.05) is 0 Å².